The Labute approximate surface area is 150 Å². The molecule has 1 aromatic rings. The monoisotopic (exact) mass is 391 g/mol. The minimum atomic E-state index is -2.96. The standard InChI is InChI=1S/C15H23N2O8P/c1-2-3-4-5-8-23-13-12(25-26(21)22)10(9-18)24-14(13)17-7-6-11(19)16-15(17)20/h6-7,10,12-14,18H,2-5,8-9H2,1H3,(H-,16,19,20,21,22)/p+1. The van der Waals surface area contributed by atoms with E-state index in [0.29, 0.717) is 6.61 Å². The van der Waals surface area contributed by atoms with E-state index in [1.54, 1.807) is 0 Å². The smallest absolute Gasteiger partial charge is 0.394 e. The van der Waals surface area contributed by atoms with Gasteiger partial charge in [0.2, 0.25) is 0 Å². The van der Waals surface area contributed by atoms with Crippen molar-refractivity contribution in [3.8, 4) is 0 Å². The molecule has 3 N–H and O–H groups in total. The van der Waals surface area contributed by atoms with Crippen LogP contribution in [-0.4, -0.2) is 51.1 Å². The summed E-state index contributed by atoms with van der Waals surface area (Å²) in [5.41, 5.74) is -1.28. The average molecular weight is 391 g/mol. The lowest BCUT2D eigenvalue weighted by Crippen LogP contribution is -2.40. The largest absolute Gasteiger partial charge is 0.695 e. The molecule has 0 saturated carbocycles. The van der Waals surface area contributed by atoms with E-state index < -0.39 is 50.7 Å². The van der Waals surface area contributed by atoms with Crippen LogP contribution in [0.1, 0.15) is 38.8 Å². The van der Waals surface area contributed by atoms with Crippen LogP contribution in [0.25, 0.3) is 0 Å². The first-order valence-electron chi connectivity index (χ1n) is 8.50. The Morgan fingerprint density at radius 3 is 2.69 bits per heavy atom. The van der Waals surface area contributed by atoms with Crippen LogP contribution in [0.15, 0.2) is 21.9 Å². The van der Waals surface area contributed by atoms with E-state index in [9.17, 15) is 19.3 Å². The van der Waals surface area contributed by atoms with Crippen molar-refractivity contribution in [2.75, 3.05) is 13.2 Å². The Balaban J connectivity index is 2.23. The third kappa shape index (κ3) is 5.29. The average Bonchev–Trinajstić information content (AvgIpc) is 2.91. The Bertz CT molecular complexity index is 705. The van der Waals surface area contributed by atoms with Gasteiger partial charge in [-0.15, -0.1) is 9.42 Å². The summed E-state index contributed by atoms with van der Waals surface area (Å²) in [5.74, 6) is 0. The molecule has 5 atom stereocenters. The van der Waals surface area contributed by atoms with E-state index >= 15 is 0 Å². The minimum absolute atomic E-state index is 0.336. The molecule has 0 spiro atoms. The van der Waals surface area contributed by atoms with Crippen LogP contribution in [0.4, 0.5) is 0 Å². The van der Waals surface area contributed by atoms with E-state index in [0.717, 1.165) is 36.3 Å². The zero-order valence-electron chi connectivity index (χ0n) is 14.4. The molecule has 26 heavy (non-hydrogen) atoms. The summed E-state index contributed by atoms with van der Waals surface area (Å²) in [6.45, 7) is 1.93. The van der Waals surface area contributed by atoms with Gasteiger partial charge in [-0.05, 0) is 6.42 Å². The predicted octanol–water partition coefficient (Wildman–Crippen LogP) is 0.427. The van der Waals surface area contributed by atoms with Crippen molar-refractivity contribution in [2.45, 2.75) is 57.1 Å². The lowest BCUT2D eigenvalue weighted by Gasteiger charge is -2.22. The fourth-order valence-corrected chi connectivity index (χ4v) is 3.33. The first-order chi connectivity index (χ1) is 12.5. The zero-order valence-corrected chi connectivity index (χ0v) is 15.3. The van der Waals surface area contributed by atoms with Crippen molar-refractivity contribution in [1.29, 1.82) is 0 Å². The zero-order chi connectivity index (χ0) is 19.1. The summed E-state index contributed by atoms with van der Waals surface area (Å²) in [4.78, 5) is 34.6. The number of hydrogen-bond donors (Lipinski definition) is 3. The quantitative estimate of drug-likeness (QED) is 0.385. The number of aliphatic hydroxyl groups is 1. The number of nitrogens with zero attached hydrogens (tertiary/aromatic N) is 1. The van der Waals surface area contributed by atoms with E-state index in [4.69, 9.17) is 18.9 Å². The molecule has 1 aromatic heterocycles. The van der Waals surface area contributed by atoms with Crippen LogP contribution >= 0.6 is 8.25 Å². The molecule has 1 aliphatic heterocycles. The molecule has 0 amide bonds. The van der Waals surface area contributed by atoms with Gasteiger partial charge in [-0.2, -0.15) is 0 Å². The van der Waals surface area contributed by atoms with Gasteiger partial charge in [0.1, 0.15) is 12.2 Å². The molecule has 11 heteroatoms. The van der Waals surface area contributed by atoms with Gasteiger partial charge in [-0.25, -0.2) is 4.79 Å². The molecule has 10 nitrogen and oxygen atoms in total. The van der Waals surface area contributed by atoms with Gasteiger partial charge in [0, 0.05) is 23.4 Å². The first kappa shape index (κ1) is 20.9. The van der Waals surface area contributed by atoms with Crippen molar-refractivity contribution in [3.63, 3.8) is 0 Å². The molecular formula is C15H24N2O8P+. The van der Waals surface area contributed by atoms with Crippen molar-refractivity contribution >= 4 is 8.25 Å². The summed E-state index contributed by atoms with van der Waals surface area (Å²) in [5, 5.41) is 9.50. The molecule has 0 bridgehead atoms. The normalized spacial score (nSPS) is 26.2. The Morgan fingerprint density at radius 2 is 2.08 bits per heavy atom. The van der Waals surface area contributed by atoms with Crippen molar-refractivity contribution in [3.05, 3.63) is 33.1 Å². The van der Waals surface area contributed by atoms with Crippen molar-refractivity contribution in [2.24, 2.45) is 0 Å². The molecule has 146 valence electrons. The Morgan fingerprint density at radius 1 is 1.31 bits per heavy atom. The molecule has 0 radical (unpaired) electrons. The molecule has 0 aliphatic carbocycles. The topological polar surface area (TPSA) is 140 Å². The molecule has 0 aromatic carbocycles. The van der Waals surface area contributed by atoms with E-state index in [2.05, 4.69) is 11.9 Å². The second-order valence-corrected chi connectivity index (χ2v) is 6.66. The SMILES string of the molecule is CCCCCCOC1C(O[P+](=O)O)C(CO)OC1n1ccc(=O)[nH]c1=O. The number of aliphatic hydroxyl groups excluding tert-OH is 1. The van der Waals surface area contributed by atoms with E-state index in [1.165, 1.54) is 6.20 Å². The van der Waals surface area contributed by atoms with Crippen LogP contribution in [0, 0.1) is 0 Å². The highest BCUT2D eigenvalue weighted by Gasteiger charge is 2.51. The van der Waals surface area contributed by atoms with Crippen LogP contribution < -0.4 is 11.2 Å². The van der Waals surface area contributed by atoms with Crippen LogP contribution in [0.3, 0.4) is 0 Å². The van der Waals surface area contributed by atoms with Crippen LogP contribution in [0.5, 0.6) is 0 Å². The lowest BCUT2D eigenvalue weighted by atomic mass is 10.1. The van der Waals surface area contributed by atoms with Gasteiger partial charge in [0.05, 0.1) is 6.61 Å². The Hall–Kier alpha value is -1.42. The van der Waals surface area contributed by atoms with Gasteiger partial charge in [-0.1, -0.05) is 26.2 Å². The summed E-state index contributed by atoms with van der Waals surface area (Å²) in [6, 6.07) is 1.15. The maximum Gasteiger partial charge on any atom is 0.695 e. The number of ether oxygens (including phenoxy) is 2. The van der Waals surface area contributed by atoms with Gasteiger partial charge in [-0.3, -0.25) is 14.3 Å². The molecular weight excluding hydrogens is 367 g/mol. The third-order valence-electron chi connectivity index (χ3n) is 4.11. The second kappa shape index (κ2) is 10.1. The van der Waals surface area contributed by atoms with Crippen LogP contribution in [0.2, 0.25) is 0 Å². The number of unbranched alkanes of at least 4 members (excludes halogenated alkanes) is 3. The van der Waals surface area contributed by atoms with Crippen molar-refractivity contribution < 1.29 is 28.6 Å². The molecule has 1 saturated heterocycles. The van der Waals surface area contributed by atoms with Gasteiger partial charge >= 0.3 is 13.9 Å². The second-order valence-electron chi connectivity index (χ2n) is 5.97. The summed E-state index contributed by atoms with van der Waals surface area (Å²) in [7, 11) is -2.96. The number of aromatic nitrogens is 2. The lowest BCUT2D eigenvalue weighted by molar-refractivity contribution is -0.0744. The number of H-pyrrole nitrogens is 1. The molecule has 2 heterocycles. The van der Waals surface area contributed by atoms with E-state index in [-0.39, 0.29) is 0 Å². The number of hydrogen-bond acceptors (Lipinski definition) is 7. The fourth-order valence-electron chi connectivity index (χ4n) is 2.86. The van der Waals surface area contributed by atoms with Gasteiger partial charge in [0.15, 0.2) is 12.3 Å². The Kier molecular flexibility index (Phi) is 8.08. The molecule has 5 unspecified atom stereocenters. The summed E-state index contributed by atoms with van der Waals surface area (Å²) < 4.78 is 28.7. The molecule has 1 aliphatic rings. The van der Waals surface area contributed by atoms with Gasteiger partial charge < -0.3 is 14.6 Å². The first-order valence-corrected chi connectivity index (χ1v) is 9.63. The van der Waals surface area contributed by atoms with Gasteiger partial charge in [0.25, 0.3) is 5.56 Å². The summed E-state index contributed by atoms with van der Waals surface area (Å²) >= 11 is 0. The third-order valence-corrected chi connectivity index (χ3v) is 4.53. The molecule has 1 fully saturated rings. The van der Waals surface area contributed by atoms with Crippen molar-refractivity contribution in [1.82, 2.24) is 9.55 Å². The highest BCUT2D eigenvalue weighted by Crippen LogP contribution is 2.37. The predicted molar refractivity (Wildman–Crippen MR) is 90.9 cm³/mol. The molecule has 2 rings (SSSR count). The number of nitrogens with one attached hydrogen (secondary N) is 1. The maximum atomic E-state index is 12.1. The summed E-state index contributed by atoms with van der Waals surface area (Å²) in [6.07, 6.45) is 1.17. The minimum Gasteiger partial charge on any atom is -0.394 e. The highest BCUT2D eigenvalue weighted by atomic mass is 31.1. The van der Waals surface area contributed by atoms with Crippen LogP contribution in [-0.2, 0) is 18.6 Å². The van der Waals surface area contributed by atoms with E-state index in [1.807, 2.05) is 0 Å². The maximum absolute atomic E-state index is 12.1. The number of aromatic amines is 1. The fraction of sp³-hybridized carbons (Fsp3) is 0.733. The number of rotatable bonds is 10. The highest BCUT2D eigenvalue weighted by molar-refractivity contribution is 7.32.